The monoisotopic (exact) mass is 366 g/mol. The molecule has 0 radical (unpaired) electrons. The van der Waals surface area contributed by atoms with E-state index in [9.17, 15) is 18.7 Å². The molecule has 0 aliphatic rings. The number of aliphatic hydroxyl groups is 1. The van der Waals surface area contributed by atoms with E-state index in [4.69, 9.17) is 9.47 Å². The van der Waals surface area contributed by atoms with Crippen molar-refractivity contribution in [2.24, 2.45) is 0 Å². The molecule has 1 unspecified atom stereocenters. The average Bonchev–Trinajstić information content (AvgIpc) is 2.63. The number of methoxy groups -OCH3 is 2. The van der Waals surface area contributed by atoms with E-state index in [1.165, 1.54) is 14.2 Å². The molecule has 1 atom stereocenters. The maximum absolute atomic E-state index is 13.1. The largest absolute Gasteiger partial charge is 0.497 e. The van der Waals surface area contributed by atoms with Crippen molar-refractivity contribution in [1.82, 2.24) is 10.6 Å². The fourth-order valence-corrected chi connectivity index (χ4v) is 2.36. The third-order valence-electron chi connectivity index (χ3n) is 3.63. The molecular formula is C18H20F2N2O4. The number of carbonyl (C=O) groups excluding carboxylic acids is 1. The molecule has 0 fully saturated rings. The van der Waals surface area contributed by atoms with Gasteiger partial charge in [-0.15, -0.1) is 0 Å². The second-order valence-electron chi connectivity index (χ2n) is 5.46. The van der Waals surface area contributed by atoms with Crippen LogP contribution in [0.3, 0.4) is 0 Å². The van der Waals surface area contributed by atoms with Gasteiger partial charge >= 0.3 is 6.03 Å². The van der Waals surface area contributed by atoms with E-state index >= 15 is 0 Å². The highest BCUT2D eigenvalue weighted by molar-refractivity contribution is 5.73. The van der Waals surface area contributed by atoms with Crippen molar-refractivity contribution in [3.05, 3.63) is 59.2 Å². The third kappa shape index (κ3) is 5.32. The first kappa shape index (κ1) is 19.5. The molecule has 8 heteroatoms. The van der Waals surface area contributed by atoms with Crippen LogP contribution in [0.25, 0.3) is 0 Å². The zero-order valence-electron chi connectivity index (χ0n) is 14.4. The van der Waals surface area contributed by atoms with Crippen LogP contribution in [0, 0.1) is 11.6 Å². The Bertz CT molecular complexity index is 751. The van der Waals surface area contributed by atoms with Gasteiger partial charge in [0.05, 0.1) is 14.2 Å². The SMILES string of the molecule is COc1ccc(OC)c(C(O)CNC(=O)NCc2cc(F)cc(F)c2)c1. The molecule has 2 amide bonds. The van der Waals surface area contributed by atoms with Crippen molar-refractivity contribution in [2.75, 3.05) is 20.8 Å². The highest BCUT2D eigenvalue weighted by Gasteiger charge is 2.15. The van der Waals surface area contributed by atoms with Crippen LogP contribution in [0.15, 0.2) is 36.4 Å². The molecule has 0 bridgehead atoms. The predicted octanol–water partition coefficient (Wildman–Crippen LogP) is 2.51. The first-order valence-electron chi connectivity index (χ1n) is 7.79. The second kappa shape index (κ2) is 9.00. The van der Waals surface area contributed by atoms with E-state index in [2.05, 4.69) is 10.6 Å². The molecule has 2 aromatic rings. The number of ether oxygens (including phenoxy) is 2. The van der Waals surface area contributed by atoms with Gasteiger partial charge in [-0.1, -0.05) is 0 Å². The molecule has 2 aromatic carbocycles. The average molecular weight is 366 g/mol. The van der Waals surface area contributed by atoms with Gasteiger partial charge in [0.2, 0.25) is 0 Å². The minimum atomic E-state index is -1.03. The Morgan fingerprint density at radius 1 is 1.08 bits per heavy atom. The van der Waals surface area contributed by atoms with Gasteiger partial charge in [0.15, 0.2) is 0 Å². The molecule has 26 heavy (non-hydrogen) atoms. The van der Waals surface area contributed by atoms with Crippen LogP contribution in [-0.4, -0.2) is 31.9 Å². The van der Waals surface area contributed by atoms with Crippen LogP contribution in [0.1, 0.15) is 17.2 Å². The summed E-state index contributed by atoms with van der Waals surface area (Å²) in [5.41, 5.74) is 0.743. The number of nitrogens with one attached hydrogen (secondary N) is 2. The van der Waals surface area contributed by atoms with Gasteiger partial charge in [-0.05, 0) is 35.9 Å². The summed E-state index contributed by atoms with van der Waals surface area (Å²) in [4.78, 5) is 11.8. The van der Waals surface area contributed by atoms with E-state index in [1.54, 1.807) is 18.2 Å². The van der Waals surface area contributed by atoms with Gasteiger partial charge in [-0.2, -0.15) is 0 Å². The number of benzene rings is 2. The van der Waals surface area contributed by atoms with Gasteiger partial charge in [-0.25, -0.2) is 13.6 Å². The molecule has 6 nitrogen and oxygen atoms in total. The number of rotatable bonds is 7. The summed E-state index contributed by atoms with van der Waals surface area (Å²) in [6.45, 7) is -0.147. The molecule has 0 aliphatic heterocycles. The first-order chi connectivity index (χ1) is 12.4. The lowest BCUT2D eigenvalue weighted by atomic mass is 10.1. The standard InChI is InChI=1S/C18H20F2N2O4/c1-25-14-3-4-17(26-2)15(8-14)16(23)10-22-18(24)21-9-11-5-12(19)7-13(20)6-11/h3-8,16,23H,9-10H2,1-2H3,(H2,21,22,24). The summed E-state index contributed by atoms with van der Waals surface area (Å²) in [5.74, 6) is -0.446. The Morgan fingerprint density at radius 2 is 1.77 bits per heavy atom. The molecule has 0 saturated heterocycles. The summed E-state index contributed by atoms with van der Waals surface area (Å²) >= 11 is 0. The third-order valence-corrected chi connectivity index (χ3v) is 3.63. The normalized spacial score (nSPS) is 11.6. The highest BCUT2D eigenvalue weighted by Crippen LogP contribution is 2.29. The smallest absolute Gasteiger partial charge is 0.315 e. The van der Waals surface area contributed by atoms with E-state index in [-0.39, 0.29) is 18.7 Å². The number of amides is 2. The summed E-state index contributed by atoms with van der Waals surface area (Å²) in [6, 6.07) is 7.36. The zero-order chi connectivity index (χ0) is 19.1. The van der Waals surface area contributed by atoms with E-state index in [1.807, 2.05) is 0 Å². The van der Waals surface area contributed by atoms with E-state index < -0.39 is 23.8 Å². The molecule has 140 valence electrons. The number of urea groups is 1. The van der Waals surface area contributed by atoms with Gasteiger partial charge in [0.25, 0.3) is 0 Å². The molecule has 2 rings (SSSR count). The minimum absolute atomic E-state index is 0.0565. The topological polar surface area (TPSA) is 79.8 Å². The summed E-state index contributed by atoms with van der Waals surface area (Å²) in [6.07, 6.45) is -1.03. The molecule has 3 N–H and O–H groups in total. The number of halogens is 2. The Balaban J connectivity index is 1.90. The van der Waals surface area contributed by atoms with Crippen molar-refractivity contribution in [3.8, 4) is 11.5 Å². The summed E-state index contributed by atoms with van der Waals surface area (Å²) in [5, 5.41) is 15.2. The summed E-state index contributed by atoms with van der Waals surface area (Å²) in [7, 11) is 2.97. The van der Waals surface area contributed by atoms with E-state index in [0.29, 0.717) is 17.1 Å². The van der Waals surface area contributed by atoms with Gasteiger partial charge < -0.3 is 25.2 Å². The van der Waals surface area contributed by atoms with Crippen LogP contribution < -0.4 is 20.1 Å². The van der Waals surface area contributed by atoms with Crippen LogP contribution in [-0.2, 0) is 6.54 Å². The van der Waals surface area contributed by atoms with Crippen LogP contribution in [0.4, 0.5) is 13.6 Å². The number of hydrogen-bond donors (Lipinski definition) is 3. The quantitative estimate of drug-likeness (QED) is 0.704. The fraction of sp³-hybridized carbons (Fsp3) is 0.278. The van der Waals surface area contributed by atoms with Gasteiger partial charge in [-0.3, -0.25) is 0 Å². The lowest BCUT2D eigenvalue weighted by Crippen LogP contribution is -2.37. The maximum Gasteiger partial charge on any atom is 0.315 e. The highest BCUT2D eigenvalue weighted by atomic mass is 19.1. The van der Waals surface area contributed by atoms with Crippen molar-refractivity contribution < 1.29 is 28.2 Å². The van der Waals surface area contributed by atoms with Crippen molar-refractivity contribution in [2.45, 2.75) is 12.6 Å². The Kier molecular flexibility index (Phi) is 6.74. The Morgan fingerprint density at radius 3 is 2.38 bits per heavy atom. The number of aliphatic hydroxyl groups excluding tert-OH is 1. The van der Waals surface area contributed by atoms with Crippen LogP contribution >= 0.6 is 0 Å². The van der Waals surface area contributed by atoms with Crippen LogP contribution in [0.2, 0.25) is 0 Å². The number of carbonyl (C=O) groups is 1. The van der Waals surface area contributed by atoms with E-state index in [0.717, 1.165) is 18.2 Å². The Hall–Kier alpha value is -2.87. The van der Waals surface area contributed by atoms with Crippen LogP contribution in [0.5, 0.6) is 11.5 Å². The maximum atomic E-state index is 13.1. The molecular weight excluding hydrogens is 346 g/mol. The van der Waals surface area contributed by atoms with Gasteiger partial charge in [0, 0.05) is 24.7 Å². The molecule has 0 aromatic heterocycles. The van der Waals surface area contributed by atoms with Gasteiger partial charge in [0.1, 0.15) is 29.2 Å². The van der Waals surface area contributed by atoms with Crippen molar-refractivity contribution in [1.29, 1.82) is 0 Å². The molecule has 0 heterocycles. The Labute approximate surface area is 149 Å². The number of hydrogen-bond acceptors (Lipinski definition) is 4. The summed E-state index contributed by atoms with van der Waals surface area (Å²) < 4.78 is 36.5. The molecule has 0 aliphatic carbocycles. The van der Waals surface area contributed by atoms with Crippen molar-refractivity contribution in [3.63, 3.8) is 0 Å². The minimum Gasteiger partial charge on any atom is -0.497 e. The first-order valence-corrected chi connectivity index (χ1v) is 7.79. The fourth-order valence-electron chi connectivity index (χ4n) is 2.36. The predicted molar refractivity (Wildman–Crippen MR) is 91.1 cm³/mol. The lowest BCUT2D eigenvalue weighted by molar-refractivity contribution is 0.169. The lowest BCUT2D eigenvalue weighted by Gasteiger charge is -2.17. The van der Waals surface area contributed by atoms with Crippen molar-refractivity contribution >= 4 is 6.03 Å². The molecule has 0 saturated carbocycles. The zero-order valence-corrected chi connectivity index (χ0v) is 14.4. The molecule has 0 spiro atoms. The second-order valence-corrected chi connectivity index (χ2v) is 5.46.